The summed E-state index contributed by atoms with van der Waals surface area (Å²) in [6.45, 7) is 15.1. The van der Waals surface area contributed by atoms with Crippen molar-refractivity contribution < 1.29 is 177 Å². The topological polar surface area (TPSA) is 359 Å². The fraction of sp³-hybridized carbons (Fsp3) is 0.663. The van der Waals surface area contributed by atoms with E-state index in [0.29, 0.717) is 99.7 Å². The number of esters is 1. The SMILES string of the molecule is CC[C@@H]1[C@@H]2CN(C(=O)[C@H](C(C)(C)C)NC(=O)O[C@@H]3C[C@H]3CCCCCc3nc4ccc(O)cc4nc3O2)[C@@H]1[C-]=O.C[C@@H]1[C@@H]2CN(C(=O)[C@H](C(C)(C)C)CC(=O)O[C@]3(C)CCC[C@H]3CCCCCc3nc4ccc(OC(F)F)cc4nc3O2)[C@@H]1[C-]=O.C[C@@H]1[C@@H]2CN(C(=O)[C@H](C(C)(C)C)NC(=O)O[C@@H]3CC4CC4[C@H]3CCCCCc3nc4ccc(OC(F)F)cc4nc3O2)[C@@H]1[C-]=O.FC(F)F.[HH].[HH].[HH].[V].[V].[V]. The minimum Gasteiger partial charge on any atom is -0.540 e. The second-order valence-electron chi connectivity index (χ2n) is 40.9. The summed E-state index contributed by atoms with van der Waals surface area (Å²) in [4.78, 5) is 151. The second kappa shape index (κ2) is 47.2. The van der Waals surface area contributed by atoms with E-state index >= 15 is 0 Å². The van der Waals surface area contributed by atoms with Crippen molar-refractivity contribution >= 4 is 87.8 Å². The zero-order valence-corrected chi connectivity index (χ0v) is 83.9. The Hall–Kier alpha value is -8.83. The molecular formula is C98H131F7N11O18V3-3. The zero-order chi connectivity index (χ0) is 96.7. The van der Waals surface area contributed by atoms with Crippen molar-refractivity contribution in [1.29, 1.82) is 0 Å². The third-order valence-corrected chi connectivity index (χ3v) is 28.4. The molecule has 7 fully saturated rings. The van der Waals surface area contributed by atoms with Crippen LogP contribution >= 0.6 is 0 Å². The number of phenolic OH excluding ortho intramolecular Hbond substituents is 1. The Morgan fingerprint density at radius 1 is 0.482 bits per heavy atom. The molecule has 6 aromatic rings. The molecule has 2 unspecified atom stereocenters. The van der Waals surface area contributed by atoms with Crippen molar-refractivity contribution in [3.8, 4) is 34.9 Å². The van der Waals surface area contributed by atoms with Crippen molar-refractivity contribution in [3.05, 3.63) is 71.7 Å². The van der Waals surface area contributed by atoms with Gasteiger partial charge in [-0.15, -0.1) is 0 Å². The number of amides is 5. The first kappa shape index (κ1) is 110. The summed E-state index contributed by atoms with van der Waals surface area (Å²) in [7, 11) is 0. The zero-order valence-electron chi connectivity index (χ0n) is 79.7. The quantitative estimate of drug-likeness (QED) is 0.0551. The molecule has 3 saturated heterocycles. The average molecular weight is 2040 g/mol. The molecule has 6 bridgehead atoms. The first-order chi connectivity index (χ1) is 63.5. The van der Waals surface area contributed by atoms with Crippen molar-refractivity contribution in [3.63, 3.8) is 0 Å². The van der Waals surface area contributed by atoms with E-state index in [9.17, 15) is 79.0 Å². The van der Waals surface area contributed by atoms with Crippen LogP contribution in [0.4, 0.5) is 40.3 Å². The monoisotopic (exact) mass is 2040 g/mol. The Morgan fingerprint density at radius 2 is 0.898 bits per heavy atom. The molecule has 3 aromatic carbocycles. The van der Waals surface area contributed by atoms with Crippen molar-refractivity contribution in [2.45, 2.75) is 324 Å². The van der Waals surface area contributed by atoms with Crippen LogP contribution in [-0.2, 0) is 123 Å². The number of hydrogen-bond acceptors (Lipinski definition) is 24. The van der Waals surface area contributed by atoms with E-state index in [1.165, 1.54) is 45.4 Å². The van der Waals surface area contributed by atoms with E-state index in [1.54, 1.807) is 37.3 Å². The van der Waals surface area contributed by atoms with Crippen LogP contribution in [0.1, 0.15) is 240 Å². The maximum atomic E-state index is 14.1. The van der Waals surface area contributed by atoms with Crippen molar-refractivity contribution in [1.82, 2.24) is 55.2 Å². The smallest absolute Gasteiger partial charge is 0.408 e. The number of aryl methyl sites for hydroxylation is 3. The number of alkyl halides is 7. The number of phenols is 1. The number of rotatable bonds is 8. The fourth-order valence-electron chi connectivity index (χ4n) is 20.6. The molecule has 6 aliphatic heterocycles. The number of carbonyl (C=O) groups is 6. The van der Waals surface area contributed by atoms with Crippen LogP contribution in [0.2, 0.25) is 0 Å². The third kappa shape index (κ3) is 27.3. The molecule has 3 N–H and O–H groups in total. The fourth-order valence-corrected chi connectivity index (χ4v) is 20.6. The minimum atomic E-state index is -3.67. The van der Waals surface area contributed by atoms with Gasteiger partial charge in [-0.2, -0.15) is 30.7 Å². The minimum absolute atomic E-state index is 0. The molecule has 10 aliphatic rings. The first-order valence-corrected chi connectivity index (χ1v) is 47.2. The number of carbonyl (C=O) groups excluding carboxylic acids is 9. The predicted molar refractivity (Wildman–Crippen MR) is 483 cm³/mol. The molecule has 29 nitrogen and oxygen atoms in total. The number of halogens is 7. The number of hydrogen-bond donors (Lipinski definition) is 3. The number of alkyl carbamates (subject to hydrolysis) is 2. The van der Waals surface area contributed by atoms with Gasteiger partial charge in [-0.05, 0) is 203 Å². The average Bonchev–Trinajstić information content (AvgIpc) is 1.59. The maximum Gasteiger partial charge on any atom is 0.408 e. The number of ether oxygens (including phenoxy) is 8. The van der Waals surface area contributed by atoms with Gasteiger partial charge in [-0.1, -0.05) is 146 Å². The van der Waals surface area contributed by atoms with E-state index < -0.39 is 132 Å². The van der Waals surface area contributed by atoms with Gasteiger partial charge in [0, 0.05) is 78.1 Å². The molecule has 5 amide bonds. The summed E-state index contributed by atoms with van der Waals surface area (Å²) in [5.41, 5.74) is 2.37. The van der Waals surface area contributed by atoms with Gasteiger partial charge in [0.2, 0.25) is 35.4 Å². The van der Waals surface area contributed by atoms with Crippen LogP contribution in [-0.4, -0.2) is 210 Å². The molecule has 753 valence electrons. The molecule has 9 heterocycles. The van der Waals surface area contributed by atoms with E-state index in [4.69, 9.17) is 48.4 Å². The van der Waals surface area contributed by atoms with E-state index in [2.05, 4.69) is 36.4 Å². The summed E-state index contributed by atoms with van der Waals surface area (Å²) in [5.74, 6) is -0.570. The summed E-state index contributed by atoms with van der Waals surface area (Å²) in [6, 6.07) is 9.22. The van der Waals surface area contributed by atoms with Crippen LogP contribution in [0.25, 0.3) is 33.1 Å². The molecular weight excluding hydrogens is 1900 g/mol. The summed E-state index contributed by atoms with van der Waals surface area (Å²) in [5, 5.41) is 15.7. The van der Waals surface area contributed by atoms with Crippen LogP contribution in [0.15, 0.2) is 54.6 Å². The Balaban J connectivity index is 0.000000275. The molecule has 39 heteroatoms. The van der Waals surface area contributed by atoms with E-state index in [1.807, 2.05) is 95.7 Å². The van der Waals surface area contributed by atoms with Gasteiger partial charge in [0.1, 0.15) is 82.5 Å². The van der Waals surface area contributed by atoms with Crippen LogP contribution < -0.4 is 34.3 Å². The van der Waals surface area contributed by atoms with Gasteiger partial charge in [0.25, 0.3) is 0 Å². The Labute approximate surface area is 834 Å². The number of fused-ring (bicyclic) bond motifs is 17. The number of nitrogens with zero attached hydrogens (tertiary/aromatic N) is 9. The van der Waals surface area contributed by atoms with Crippen molar-refractivity contribution in [2.24, 2.45) is 69.5 Å². The number of aromatic nitrogens is 6. The molecule has 0 spiro atoms. The van der Waals surface area contributed by atoms with Crippen LogP contribution in [0.5, 0.6) is 34.9 Å². The van der Waals surface area contributed by atoms with Crippen molar-refractivity contribution in [2.75, 3.05) is 19.6 Å². The molecule has 3 radical (unpaired) electrons. The second-order valence-corrected chi connectivity index (χ2v) is 40.9. The van der Waals surface area contributed by atoms with Gasteiger partial charge in [-0.3, -0.25) is 19.2 Å². The summed E-state index contributed by atoms with van der Waals surface area (Å²) >= 11 is 0. The Morgan fingerprint density at radius 3 is 1.36 bits per heavy atom. The molecule has 16 rings (SSSR count). The largest absolute Gasteiger partial charge is 0.540 e. The van der Waals surface area contributed by atoms with E-state index in [-0.39, 0.29) is 151 Å². The third-order valence-electron chi connectivity index (χ3n) is 28.4. The first-order valence-electron chi connectivity index (χ1n) is 47.2. The van der Waals surface area contributed by atoms with Crippen LogP contribution in [0, 0.1) is 69.5 Å². The molecule has 4 aliphatic carbocycles. The normalized spacial score (nSPS) is 29.5. The van der Waals surface area contributed by atoms with Gasteiger partial charge < -0.3 is 82.7 Å². The number of nitrogens with one attached hydrogen (secondary N) is 2. The van der Waals surface area contributed by atoms with Crippen LogP contribution in [0.3, 0.4) is 0 Å². The molecule has 3 aromatic heterocycles. The standard InChI is InChI=1S/C34H44F2N3O6.C33H41F2N4O6.C30H39N4O6.CHF3.3V.3H2/c1-20-27(19-40)39-18-28(20)44-30-25(37-24-14-13-22(43-32(35)36)16-26(24)38-30)12-8-6-7-10-21-11-9-15-34(21,5)45-29(41)17-23(31(39)42)33(2,3)4;1-17-25(16-40)39-15-27(17)44-29-23(36-22-11-10-19(43-31(34)35)14-24(22)37-29)9-7-5-6-8-20-21-12-18(21)13-26(20)45-32(42)38-28(30(39)41)33(2,3)4;1-5-19-23(16-35)34-15-25(19)39-27-21(31-20-12-11-18(36)14-22(20)32-27)10-8-6-7-9-17-13-24(17)40-29(38)33-26(28(34)37)30(2,3)4;2-1(3)4;;;;;;/h13-14,16,20-21,23,27-28,32H,6-12,15,17-18H2,1-5H3;10-11,14,17-18,20-21,25-28,31H,5-9,12-13,15H2,1-4H3,(H,38,42);11-12,14,17,19,23-26,36H,5-10,13,15H2,1-4H3,(H,33,38);1H;;;;3*1H/q3*-1;;;;;;;/t20-,21+,23+,27+,28-,34+;17-,18?,20+,21?,25+,26+,27-,28+;17-,19+,23-,24-,25+,26-;;;;;;;/m001......./s1. The number of benzene rings is 3. The maximum absolute atomic E-state index is 14.1. The van der Waals surface area contributed by atoms with E-state index in [0.717, 1.165) is 115 Å². The predicted octanol–water partition coefficient (Wildman–Crippen LogP) is 17.4. The Bertz CT molecular complexity index is 5130. The number of aromatic hydroxyl groups is 1. The van der Waals surface area contributed by atoms with Gasteiger partial charge in [0.05, 0.1) is 65.1 Å². The summed E-state index contributed by atoms with van der Waals surface area (Å²) < 4.78 is 127. The van der Waals surface area contributed by atoms with Gasteiger partial charge in [0.15, 0.2) is 0 Å². The van der Waals surface area contributed by atoms with Gasteiger partial charge >= 0.3 is 38.1 Å². The van der Waals surface area contributed by atoms with Gasteiger partial charge in [-0.25, -0.2) is 58.4 Å². The Kier molecular flexibility index (Phi) is 37.9. The molecule has 20 atom stereocenters. The summed E-state index contributed by atoms with van der Waals surface area (Å²) in [6.07, 6.45) is 21.9. The molecule has 137 heavy (non-hydrogen) atoms. The molecule has 4 saturated carbocycles.